The molecule has 0 saturated carbocycles. The average Bonchev–Trinajstić information content (AvgIpc) is 3.09. The van der Waals surface area contributed by atoms with Crippen LogP contribution in [0.1, 0.15) is 5.56 Å². The fourth-order valence-corrected chi connectivity index (χ4v) is 2.98. The van der Waals surface area contributed by atoms with Crippen LogP contribution in [0.2, 0.25) is 0 Å². The highest BCUT2D eigenvalue weighted by Gasteiger charge is 2.13. The van der Waals surface area contributed by atoms with E-state index in [0.717, 1.165) is 5.56 Å². The van der Waals surface area contributed by atoms with E-state index < -0.39 is 10.1 Å². The van der Waals surface area contributed by atoms with Crippen molar-refractivity contribution >= 4 is 10.1 Å². The summed E-state index contributed by atoms with van der Waals surface area (Å²) in [6, 6.07) is 15.9. The smallest absolute Gasteiger partial charge is 0.309 e. The second-order valence-electron chi connectivity index (χ2n) is 4.83. The molecule has 8 heteroatoms. The molecule has 0 unspecified atom stereocenters. The van der Waals surface area contributed by atoms with Crippen LogP contribution in [0, 0.1) is 0 Å². The number of aromatic nitrogens is 4. The van der Waals surface area contributed by atoms with Gasteiger partial charge in [-0.2, -0.15) is 8.42 Å². The van der Waals surface area contributed by atoms with E-state index in [4.69, 9.17) is 4.18 Å². The molecule has 0 bridgehead atoms. The summed E-state index contributed by atoms with van der Waals surface area (Å²) in [7, 11) is -3.65. The molecule has 7 nitrogen and oxygen atoms in total. The molecule has 0 aliphatic heterocycles. The standard InChI is InChI=1S/C15H14N4O3S/c20-23(21,11-10-13-4-2-1-3-5-13)22-15-8-6-14(7-9-15)19-12-16-17-18-19/h1-9,12H,10-11H2. The number of benzene rings is 2. The highest BCUT2D eigenvalue weighted by Crippen LogP contribution is 2.16. The summed E-state index contributed by atoms with van der Waals surface area (Å²) in [5, 5.41) is 10.8. The van der Waals surface area contributed by atoms with Gasteiger partial charge in [0.15, 0.2) is 0 Å². The van der Waals surface area contributed by atoms with E-state index in [0.29, 0.717) is 12.1 Å². The summed E-state index contributed by atoms with van der Waals surface area (Å²) in [5.41, 5.74) is 1.66. The number of hydrogen-bond donors (Lipinski definition) is 0. The third kappa shape index (κ3) is 4.13. The van der Waals surface area contributed by atoms with E-state index in [-0.39, 0.29) is 11.5 Å². The predicted octanol–water partition coefficient (Wildman–Crippen LogP) is 1.61. The zero-order valence-electron chi connectivity index (χ0n) is 12.1. The molecule has 0 aliphatic rings. The van der Waals surface area contributed by atoms with E-state index in [2.05, 4.69) is 15.5 Å². The van der Waals surface area contributed by atoms with Gasteiger partial charge in [0.1, 0.15) is 12.1 Å². The van der Waals surface area contributed by atoms with Crippen molar-refractivity contribution in [2.24, 2.45) is 0 Å². The van der Waals surface area contributed by atoms with Gasteiger partial charge < -0.3 is 4.18 Å². The quantitative estimate of drug-likeness (QED) is 0.638. The maximum Gasteiger partial charge on any atom is 0.309 e. The minimum atomic E-state index is -3.65. The highest BCUT2D eigenvalue weighted by atomic mass is 32.2. The zero-order valence-corrected chi connectivity index (χ0v) is 12.9. The van der Waals surface area contributed by atoms with Gasteiger partial charge in [-0.25, -0.2) is 4.68 Å². The van der Waals surface area contributed by atoms with Crippen molar-refractivity contribution in [2.45, 2.75) is 6.42 Å². The number of aryl methyl sites for hydroxylation is 1. The average molecular weight is 330 g/mol. The normalized spacial score (nSPS) is 11.3. The summed E-state index contributed by atoms with van der Waals surface area (Å²) in [5.74, 6) is 0.182. The first-order chi connectivity index (χ1) is 11.1. The van der Waals surface area contributed by atoms with E-state index in [1.54, 1.807) is 24.3 Å². The summed E-state index contributed by atoms with van der Waals surface area (Å²) < 4.78 is 30.6. The lowest BCUT2D eigenvalue weighted by Crippen LogP contribution is -2.15. The van der Waals surface area contributed by atoms with Crippen molar-refractivity contribution < 1.29 is 12.6 Å². The van der Waals surface area contributed by atoms with Crippen molar-refractivity contribution in [3.8, 4) is 11.4 Å². The second-order valence-corrected chi connectivity index (χ2v) is 6.52. The Hall–Kier alpha value is -2.74. The Balaban J connectivity index is 1.63. The lowest BCUT2D eigenvalue weighted by atomic mass is 10.2. The van der Waals surface area contributed by atoms with Crippen LogP contribution in [0.25, 0.3) is 5.69 Å². The molecule has 3 rings (SSSR count). The topological polar surface area (TPSA) is 87.0 Å². The van der Waals surface area contributed by atoms with Crippen LogP contribution in [0.3, 0.4) is 0 Å². The van der Waals surface area contributed by atoms with Crippen molar-refractivity contribution in [1.29, 1.82) is 0 Å². The van der Waals surface area contributed by atoms with E-state index in [1.807, 2.05) is 30.3 Å². The third-order valence-corrected chi connectivity index (χ3v) is 4.31. The molecule has 1 aromatic heterocycles. The molecule has 0 aliphatic carbocycles. The van der Waals surface area contributed by atoms with Gasteiger partial charge in [-0.3, -0.25) is 0 Å². The molecule has 0 amide bonds. The Bertz CT molecular complexity index is 848. The number of tetrazole rings is 1. The van der Waals surface area contributed by atoms with Gasteiger partial charge in [-0.1, -0.05) is 30.3 Å². The van der Waals surface area contributed by atoms with Gasteiger partial charge in [0.05, 0.1) is 11.4 Å². The Morgan fingerprint density at radius 1 is 1.00 bits per heavy atom. The van der Waals surface area contributed by atoms with Crippen molar-refractivity contribution in [3.05, 3.63) is 66.5 Å². The largest absolute Gasteiger partial charge is 0.382 e. The SMILES string of the molecule is O=S(=O)(CCc1ccccc1)Oc1ccc(-n2cnnn2)cc1. The second kappa shape index (κ2) is 6.57. The molecular weight excluding hydrogens is 316 g/mol. The predicted molar refractivity (Wildman–Crippen MR) is 83.7 cm³/mol. The van der Waals surface area contributed by atoms with Gasteiger partial charge in [-0.05, 0) is 46.7 Å². The van der Waals surface area contributed by atoms with Crippen LogP contribution in [0.4, 0.5) is 0 Å². The molecule has 0 atom stereocenters. The van der Waals surface area contributed by atoms with Crippen molar-refractivity contribution in [2.75, 3.05) is 5.75 Å². The molecule has 1 heterocycles. The molecule has 118 valence electrons. The number of hydrogen-bond acceptors (Lipinski definition) is 6. The molecule has 0 radical (unpaired) electrons. The summed E-state index contributed by atoms with van der Waals surface area (Å²) in [6.07, 6.45) is 1.86. The maximum absolute atomic E-state index is 12.0. The van der Waals surface area contributed by atoms with Crippen LogP contribution in [0.5, 0.6) is 5.75 Å². The Labute approximate surface area is 133 Å². The van der Waals surface area contributed by atoms with Crippen molar-refractivity contribution in [3.63, 3.8) is 0 Å². The van der Waals surface area contributed by atoms with Gasteiger partial charge in [0.25, 0.3) is 0 Å². The highest BCUT2D eigenvalue weighted by molar-refractivity contribution is 7.87. The lowest BCUT2D eigenvalue weighted by Gasteiger charge is -2.07. The van der Waals surface area contributed by atoms with Gasteiger partial charge in [-0.15, -0.1) is 5.10 Å². The molecular formula is C15H14N4O3S. The summed E-state index contributed by atoms with van der Waals surface area (Å²) in [6.45, 7) is 0. The van der Waals surface area contributed by atoms with Crippen molar-refractivity contribution in [1.82, 2.24) is 20.2 Å². The first-order valence-electron chi connectivity index (χ1n) is 6.92. The fraction of sp³-hybridized carbons (Fsp3) is 0.133. The fourth-order valence-electron chi connectivity index (χ4n) is 2.01. The van der Waals surface area contributed by atoms with Crippen LogP contribution >= 0.6 is 0 Å². The maximum atomic E-state index is 12.0. The number of rotatable bonds is 6. The minimum absolute atomic E-state index is 0.0776. The molecule has 3 aromatic rings. The molecule has 0 spiro atoms. The van der Waals surface area contributed by atoms with Gasteiger partial charge in [0.2, 0.25) is 0 Å². The van der Waals surface area contributed by atoms with E-state index in [1.165, 1.54) is 11.0 Å². The first kappa shape index (κ1) is 15.2. The molecule has 23 heavy (non-hydrogen) atoms. The first-order valence-corrected chi connectivity index (χ1v) is 8.50. The Morgan fingerprint density at radius 2 is 1.74 bits per heavy atom. The Morgan fingerprint density at radius 3 is 2.39 bits per heavy atom. The van der Waals surface area contributed by atoms with Crippen LogP contribution < -0.4 is 4.18 Å². The number of nitrogens with zero attached hydrogens (tertiary/aromatic N) is 4. The van der Waals surface area contributed by atoms with Crippen LogP contribution in [-0.4, -0.2) is 34.4 Å². The van der Waals surface area contributed by atoms with E-state index in [9.17, 15) is 8.42 Å². The molecule has 0 saturated heterocycles. The minimum Gasteiger partial charge on any atom is -0.382 e. The van der Waals surface area contributed by atoms with Crippen LogP contribution in [0.15, 0.2) is 60.9 Å². The summed E-state index contributed by atoms with van der Waals surface area (Å²) >= 11 is 0. The van der Waals surface area contributed by atoms with Gasteiger partial charge in [0, 0.05) is 0 Å². The monoisotopic (exact) mass is 330 g/mol. The Kier molecular flexibility index (Phi) is 4.33. The van der Waals surface area contributed by atoms with E-state index >= 15 is 0 Å². The summed E-state index contributed by atoms with van der Waals surface area (Å²) in [4.78, 5) is 0. The van der Waals surface area contributed by atoms with Gasteiger partial charge >= 0.3 is 10.1 Å². The molecule has 0 N–H and O–H groups in total. The lowest BCUT2D eigenvalue weighted by molar-refractivity contribution is 0.485. The molecule has 2 aromatic carbocycles. The zero-order chi connectivity index (χ0) is 16.1. The van der Waals surface area contributed by atoms with Crippen LogP contribution in [-0.2, 0) is 16.5 Å². The third-order valence-electron chi connectivity index (χ3n) is 3.16. The molecule has 0 fully saturated rings.